The highest BCUT2D eigenvalue weighted by Crippen LogP contribution is 2.20. The van der Waals surface area contributed by atoms with Crippen LogP contribution in [0.4, 0.5) is 0 Å². The number of aromatic nitrogens is 2. The normalized spacial score (nSPS) is 12.1. The van der Waals surface area contributed by atoms with E-state index in [1.54, 1.807) is 0 Å². The summed E-state index contributed by atoms with van der Waals surface area (Å²) in [6, 6.07) is 8.17. The molecular weight excluding hydrogens is 368 g/mol. The van der Waals surface area contributed by atoms with Gasteiger partial charge in [-0.15, -0.1) is 0 Å². The molecule has 1 atom stereocenters. The van der Waals surface area contributed by atoms with Gasteiger partial charge >= 0.3 is 0 Å². The van der Waals surface area contributed by atoms with Gasteiger partial charge in [0, 0.05) is 18.0 Å². The van der Waals surface area contributed by atoms with Crippen LogP contribution < -0.4 is 4.74 Å². The van der Waals surface area contributed by atoms with E-state index in [1.165, 1.54) is 69.8 Å². The van der Waals surface area contributed by atoms with E-state index in [2.05, 4.69) is 42.9 Å². The van der Waals surface area contributed by atoms with Gasteiger partial charge in [0.1, 0.15) is 5.75 Å². The van der Waals surface area contributed by atoms with E-state index >= 15 is 0 Å². The third-order valence-corrected chi connectivity index (χ3v) is 5.94. The maximum atomic E-state index is 5.88. The highest BCUT2D eigenvalue weighted by Gasteiger charge is 2.04. The number of unbranched alkanes of at least 4 members (excludes halogenated alkanes) is 7. The minimum Gasteiger partial charge on any atom is -0.494 e. The Balaban J connectivity index is 1.68. The first-order chi connectivity index (χ1) is 14.7. The molecule has 0 amide bonds. The van der Waals surface area contributed by atoms with Crippen molar-refractivity contribution in [1.29, 1.82) is 0 Å². The first-order valence-corrected chi connectivity index (χ1v) is 12.3. The molecule has 0 aliphatic carbocycles. The number of benzene rings is 1. The minimum absolute atomic E-state index is 0.790. The van der Waals surface area contributed by atoms with Gasteiger partial charge in [-0.25, -0.2) is 9.97 Å². The van der Waals surface area contributed by atoms with Crippen molar-refractivity contribution in [1.82, 2.24) is 9.97 Å². The molecular formula is C27H42N2O. The maximum Gasteiger partial charge on any atom is 0.159 e. The lowest BCUT2D eigenvalue weighted by atomic mass is 10.0. The Morgan fingerprint density at radius 1 is 0.800 bits per heavy atom. The Bertz CT molecular complexity index is 666. The molecule has 0 unspecified atom stereocenters. The molecule has 0 N–H and O–H groups in total. The van der Waals surface area contributed by atoms with Gasteiger partial charge in [-0.2, -0.15) is 0 Å². The molecule has 2 aromatic rings. The summed E-state index contributed by atoms with van der Waals surface area (Å²) >= 11 is 0. The summed E-state index contributed by atoms with van der Waals surface area (Å²) in [5.41, 5.74) is 2.28. The number of ether oxygens (including phenoxy) is 1. The molecule has 1 heterocycles. The van der Waals surface area contributed by atoms with Crippen molar-refractivity contribution in [3.63, 3.8) is 0 Å². The third kappa shape index (κ3) is 9.73. The van der Waals surface area contributed by atoms with Gasteiger partial charge in [0.2, 0.25) is 0 Å². The number of hydrogen-bond donors (Lipinski definition) is 0. The van der Waals surface area contributed by atoms with Crippen molar-refractivity contribution in [3.05, 3.63) is 42.2 Å². The average Bonchev–Trinajstić information content (AvgIpc) is 2.79. The SMILES string of the molecule is CCCCCCCCCc1cnc(-c2ccc(OCCCC[C@@H](C)CC)cc2)nc1. The van der Waals surface area contributed by atoms with Gasteiger partial charge in [-0.3, -0.25) is 0 Å². The van der Waals surface area contributed by atoms with Crippen LogP contribution in [0.25, 0.3) is 11.4 Å². The summed E-state index contributed by atoms with van der Waals surface area (Å²) in [6.45, 7) is 7.64. The third-order valence-electron chi connectivity index (χ3n) is 5.94. The molecule has 0 saturated heterocycles. The van der Waals surface area contributed by atoms with Crippen molar-refractivity contribution in [2.75, 3.05) is 6.61 Å². The number of aryl methyl sites for hydroxylation is 1. The fourth-order valence-electron chi connectivity index (χ4n) is 3.61. The van der Waals surface area contributed by atoms with Crippen molar-refractivity contribution in [2.45, 2.75) is 97.8 Å². The summed E-state index contributed by atoms with van der Waals surface area (Å²) in [5.74, 6) is 2.54. The van der Waals surface area contributed by atoms with Crippen LogP contribution in [-0.2, 0) is 6.42 Å². The van der Waals surface area contributed by atoms with Gasteiger partial charge < -0.3 is 4.74 Å². The first kappa shape index (κ1) is 24.4. The summed E-state index contributed by atoms with van der Waals surface area (Å²) in [7, 11) is 0. The average molecular weight is 411 g/mol. The van der Waals surface area contributed by atoms with Crippen LogP contribution in [0.2, 0.25) is 0 Å². The van der Waals surface area contributed by atoms with Gasteiger partial charge in [-0.1, -0.05) is 72.1 Å². The van der Waals surface area contributed by atoms with Crippen molar-refractivity contribution in [3.8, 4) is 17.1 Å². The molecule has 3 heteroatoms. The standard InChI is InChI=1S/C27H42N2O/c1-4-6-7-8-9-10-11-15-24-21-28-27(29-22-24)25-16-18-26(19-17-25)30-20-13-12-14-23(3)5-2/h16-19,21-23H,4-15,20H2,1-3H3/t23-/m0/s1. The molecule has 0 bridgehead atoms. The zero-order valence-corrected chi connectivity index (χ0v) is 19.5. The van der Waals surface area contributed by atoms with Gasteiger partial charge in [0.25, 0.3) is 0 Å². The van der Waals surface area contributed by atoms with Crippen molar-refractivity contribution >= 4 is 0 Å². The molecule has 30 heavy (non-hydrogen) atoms. The number of hydrogen-bond acceptors (Lipinski definition) is 3. The first-order valence-electron chi connectivity index (χ1n) is 12.3. The Kier molecular flexibility index (Phi) is 12.2. The highest BCUT2D eigenvalue weighted by molar-refractivity contribution is 5.55. The van der Waals surface area contributed by atoms with Gasteiger partial charge in [0.05, 0.1) is 6.61 Å². The van der Waals surface area contributed by atoms with E-state index in [0.717, 1.165) is 42.5 Å². The monoisotopic (exact) mass is 410 g/mol. The van der Waals surface area contributed by atoms with Crippen LogP contribution in [0.1, 0.15) is 97.0 Å². The van der Waals surface area contributed by atoms with Crippen LogP contribution in [0.15, 0.2) is 36.7 Å². The van der Waals surface area contributed by atoms with E-state index in [9.17, 15) is 0 Å². The molecule has 2 rings (SSSR count). The molecule has 3 nitrogen and oxygen atoms in total. The summed E-state index contributed by atoms with van der Waals surface area (Å²) in [4.78, 5) is 9.15. The zero-order valence-electron chi connectivity index (χ0n) is 19.5. The Morgan fingerprint density at radius 3 is 2.13 bits per heavy atom. The van der Waals surface area contributed by atoms with Crippen LogP contribution in [0.3, 0.4) is 0 Å². The predicted octanol–water partition coefficient (Wildman–Crippen LogP) is 8.03. The maximum absolute atomic E-state index is 5.88. The van der Waals surface area contributed by atoms with E-state index in [-0.39, 0.29) is 0 Å². The number of nitrogens with zero attached hydrogens (tertiary/aromatic N) is 2. The quantitative estimate of drug-likeness (QED) is 0.263. The van der Waals surface area contributed by atoms with Gasteiger partial charge in [0.15, 0.2) is 5.82 Å². The van der Waals surface area contributed by atoms with E-state index in [0.29, 0.717) is 0 Å². The minimum atomic E-state index is 0.790. The van der Waals surface area contributed by atoms with Crippen LogP contribution in [0.5, 0.6) is 5.75 Å². The van der Waals surface area contributed by atoms with Crippen molar-refractivity contribution in [2.24, 2.45) is 5.92 Å². The fraction of sp³-hybridized carbons (Fsp3) is 0.630. The molecule has 0 radical (unpaired) electrons. The Labute approximate surface area is 184 Å². The fourth-order valence-corrected chi connectivity index (χ4v) is 3.61. The molecule has 1 aromatic carbocycles. The molecule has 166 valence electrons. The van der Waals surface area contributed by atoms with E-state index in [4.69, 9.17) is 4.74 Å². The van der Waals surface area contributed by atoms with Gasteiger partial charge in [-0.05, 0) is 61.4 Å². The second-order valence-electron chi connectivity index (χ2n) is 8.67. The molecule has 0 fully saturated rings. The summed E-state index contributed by atoms with van der Waals surface area (Å²) < 4.78 is 5.88. The van der Waals surface area contributed by atoms with Crippen LogP contribution >= 0.6 is 0 Å². The van der Waals surface area contributed by atoms with Crippen LogP contribution in [-0.4, -0.2) is 16.6 Å². The Hall–Kier alpha value is -1.90. The second-order valence-corrected chi connectivity index (χ2v) is 8.67. The number of rotatable bonds is 16. The topological polar surface area (TPSA) is 35.0 Å². The highest BCUT2D eigenvalue weighted by atomic mass is 16.5. The molecule has 1 aromatic heterocycles. The largest absolute Gasteiger partial charge is 0.494 e. The van der Waals surface area contributed by atoms with Crippen LogP contribution in [0, 0.1) is 5.92 Å². The van der Waals surface area contributed by atoms with E-state index < -0.39 is 0 Å². The smallest absolute Gasteiger partial charge is 0.159 e. The lowest BCUT2D eigenvalue weighted by Gasteiger charge is -2.09. The van der Waals surface area contributed by atoms with E-state index in [1.807, 2.05) is 24.5 Å². The summed E-state index contributed by atoms with van der Waals surface area (Å²) in [5, 5.41) is 0. The molecule has 0 spiro atoms. The zero-order chi connectivity index (χ0) is 21.4. The summed E-state index contributed by atoms with van der Waals surface area (Å²) in [6.07, 6.45) is 19.3. The lowest BCUT2D eigenvalue weighted by Crippen LogP contribution is -1.99. The molecule has 0 saturated carbocycles. The molecule has 0 aliphatic rings. The van der Waals surface area contributed by atoms with Crippen molar-refractivity contribution < 1.29 is 4.74 Å². The Morgan fingerprint density at radius 2 is 1.47 bits per heavy atom. The molecule has 0 aliphatic heterocycles. The lowest BCUT2D eigenvalue weighted by molar-refractivity contribution is 0.300. The predicted molar refractivity (Wildman–Crippen MR) is 128 cm³/mol. The second kappa shape index (κ2) is 15.0.